The predicted octanol–water partition coefficient (Wildman–Crippen LogP) is 2.64. The minimum atomic E-state index is 0.809. The fraction of sp³-hybridized carbons (Fsp3) is 1.00. The molecule has 1 aliphatic carbocycles. The van der Waals surface area contributed by atoms with Crippen LogP contribution in [0.25, 0.3) is 0 Å². The molecule has 0 aromatic heterocycles. The van der Waals surface area contributed by atoms with Gasteiger partial charge in [0.2, 0.25) is 0 Å². The van der Waals surface area contributed by atoms with Gasteiger partial charge in [-0.2, -0.15) is 0 Å². The van der Waals surface area contributed by atoms with Gasteiger partial charge >= 0.3 is 0 Å². The topological polar surface area (TPSA) is 15.3 Å². The molecule has 2 rings (SSSR count). The largest absolute Gasteiger partial charge is 0.314 e. The van der Waals surface area contributed by atoms with Gasteiger partial charge in [0, 0.05) is 6.04 Å². The molecule has 2 fully saturated rings. The monoisotopic (exact) mass is 224 g/mol. The summed E-state index contributed by atoms with van der Waals surface area (Å²) in [7, 11) is 0. The van der Waals surface area contributed by atoms with E-state index in [0.29, 0.717) is 0 Å². The molecule has 2 aliphatic rings. The Kier molecular flexibility index (Phi) is 5.11. The van der Waals surface area contributed by atoms with E-state index >= 15 is 0 Å². The summed E-state index contributed by atoms with van der Waals surface area (Å²) in [5, 5.41) is 3.77. The average molecular weight is 224 g/mol. The van der Waals surface area contributed by atoms with E-state index in [1.807, 2.05) is 0 Å². The first-order chi connectivity index (χ1) is 7.88. The fourth-order valence-electron chi connectivity index (χ4n) is 3.24. The SMILES string of the molecule is CCN1CCC(NCCC2CCCC2)CC1. The van der Waals surface area contributed by atoms with Gasteiger partial charge in [-0.15, -0.1) is 0 Å². The van der Waals surface area contributed by atoms with Crippen LogP contribution in [0.5, 0.6) is 0 Å². The summed E-state index contributed by atoms with van der Waals surface area (Å²) < 4.78 is 0. The zero-order chi connectivity index (χ0) is 11.2. The maximum absolute atomic E-state index is 3.77. The van der Waals surface area contributed by atoms with Crippen LogP contribution in [0.2, 0.25) is 0 Å². The highest BCUT2D eigenvalue weighted by molar-refractivity contribution is 4.77. The summed E-state index contributed by atoms with van der Waals surface area (Å²) in [5.74, 6) is 1.04. The summed E-state index contributed by atoms with van der Waals surface area (Å²) >= 11 is 0. The van der Waals surface area contributed by atoms with Gasteiger partial charge in [0.25, 0.3) is 0 Å². The average Bonchev–Trinajstić information content (AvgIpc) is 2.83. The summed E-state index contributed by atoms with van der Waals surface area (Å²) in [6.45, 7) is 7.37. The van der Waals surface area contributed by atoms with Crippen LogP contribution >= 0.6 is 0 Å². The first-order valence-corrected chi connectivity index (χ1v) is 7.34. The number of piperidine rings is 1. The zero-order valence-electron chi connectivity index (χ0n) is 10.9. The van der Waals surface area contributed by atoms with Crippen LogP contribution in [0.1, 0.15) is 51.9 Å². The van der Waals surface area contributed by atoms with Crippen LogP contribution in [0, 0.1) is 5.92 Å². The van der Waals surface area contributed by atoms with Gasteiger partial charge in [0.05, 0.1) is 0 Å². The lowest BCUT2D eigenvalue weighted by Crippen LogP contribution is -2.42. The molecule has 1 N–H and O–H groups in total. The summed E-state index contributed by atoms with van der Waals surface area (Å²) in [5.41, 5.74) is 0. The van der Waals surface area contributed by atoms with Crippen LogP contribution in [0.15, 0.2) is 0 Å². The Hall–Kier alpha value is -0.0800. The van der Waals surface area contributed by atoms with Crippen molar-refractivity contribution in [2.75, 3.05) is 26.2 Å². The lowest BCUT2D eigenvalue weighted by molar-refractivity contribution is 0.205. The van der Waals surface area contributed by atoms with Crippen LogP contribution in [0.3, 0.4) is 0 Å². The summed E-state index contributed by atoms with van der Waals surface area (Å²) in [4.78, 5) is 2.56. The third-order valence-corrected chi connectivity index (χ3v) is 4.50. The summed E-state index contributed by atoms with van der Waals surface area (Å²) in [6.07, 6.45) is 10.1. The Balaban J connectivity index is 1.53. The second kappa shape index (κ2) is 6.61. The van der Waals surface area contributed by atoms with Crippen LogP contribution in [-0.4, -0.2) is 37.1 Å². The van der Waals surface area contributed by atoms with Crippen LogP contribution in [0.4, 0.5) is 0 Å². The maximum atomic E-state index is 3.77. The molecule has 1 aliphatic heterocycles. The molecule has 0 atom stereocenters. The highest BCUT2D eigenvalue weighted by atomic mass is 15.1. The van der Waals surface area contributed by atoms with Crippen molar-refractivity contribution in [1.82, 2.24) is 10.2 Å². The first-order valence-electron chi connectivity index (χ1n) is 7.34. The molecule has 0 bridgehead atoms. The van der Waals surface area contributed by atoms with Gasteiger partial charge in [0.1, 0.15) is 0 Å². The van der Waals surface area contributed by atoms with E-state index in [0.717, 1.165) is 12.0 Å². The molecular weight excluding hydrogens is 196 g/mol. The number of nitrogens with one attached hydrogen (secondary N) is 1. The highest BCUT2D eigenvalue weighted by Crippen LogP contribution is 2.27. The van der Waals surface area contributed by atoms with E-state index in [2.05, 4.69) is 17.1 Å². The molecule has 0 aromatic carbocycles. The van der Waals surface area contributed by atoms with Crippen molar-refractivity contribution in [3.8, 4) is 0 Å². The molecule has 16 heavy (non-hydrogen) atoms. The lowest BCUT2D eigenvalue weighted by atomic mass is 10.0. The second-order valence-corrected chi connectivity index (χ2v) is 5.60. The second-order valence-electron chi connectivity index (χ2n) is 5.60. The molecule has 1 heterocycles. The smallest absolute Gasteiger partial charge is 0.00914 e. The van der Waals surface area contributed by atoms with E-state index in [4.69, 9.17) is 0 Å². The maximum Gasteiger partial charge on any atom is 0.00914 e. The summed E-state index contributed by atoms with van der Waals surface area (Å²) in [6, 6.07) is 0.809. The van der Waals surface area contributed by atoms with E-state index in [9.17, 15) is 0 Å². The molecule has 0 unspecified atom stereocenters. The van der Waals surface area contributed by atoms with E-state index in [-0.39, 0.29) is 0 Å². The molecular formula is C14H28N2. The predicted molar refractivity (Wildman–Crippen MR) is 69.7 cm³/mol. The van der Waals surface area contributed by atoms with Crippen LogP contribution in [-0.2, 0) is 0 Å². The van der Waals surface area contributed by atoms with Crippen molar-refractivity contribution in [3.63, 3.8) is 0 Å². The highest BCUT2D eigenvalue weighted by Gasteiger charge is 2.18. The van der Waals surface area contributed by atoms with Crippen LogP contribution < -0.4 is 5.32 Å². The Morgan fingerprint density at radius 3 is 2.38 bits per heavy atom. The van der Waals surface area contributed by atoms with Crippen molar-refractivity contribution >= 4 is 0 Å². The van der Waals surface area contributed by atoms with E-state index in [1.54, 1.807) is 0 Å². The normalized spacial score (nSPS) is 25.3. The van der Waals surface area contributed by atoms with Crippen molar-refractivity contribution in [2.45, 2.75) is 57.9 Å². The Labute approximate surface area is 101 Å². The third kappa shape index (κ3) is 3.74. The molecule has 0 amide bonds. The Morgan fingerprint density at radius 1 is 1.06 bits per heavy atom. The number of hydrogen-bond donors (Lipinski definition) is 1. The van der Waals surface area contributed by atoms with Crippen molar-refractivity contribution in [3.05, 3.63) is 0 Å². The lowest BCUT2D eigenvalue weighted by Gasteiger charge is -2.31. The third-order valence-electron chi connectivity index (χ3n) is 4.50. The molecule has 0 aromatic rings. The number of hydrogen-bond acceptors (Lipinski definition) is 2. The van der Waals surface area contributed by atoms with Crippen molar-refractivity contribution in [2.24, 2.45) is 5.92 Å². The van der Waals surface area contributed by atoms with Crippen molar-refractivity contribution < 1.29 is 0 Å². The Morgan fingerprint density at radius 2 is 1.75 bits per heavy atom. The quantitative estimate of drug-likeness (QED) is 0.772. The van der Waals surface area contributed by atoms with E-state index in [1.165, 1.54) is 71.1 Å². The van der Waals surface area contributed by atoms with Gasteiger partial charge < -0.3 is 10.2 Å². The zero-order valence-corrected chi connectivity index (χ0v) is 10.9. The molecule has 1 saturated heterocycles. The van der Waals surface area contributed by atoms with Gasteiger partial charge in [-0.05, 0) is 51.4 Å². The molecule has 0 spiro atoms. The number of likely N-dealkylation sites (tertiary alicyclic amines) is 1. The molecule has 0 radical (unpaired) electrons. The molecule has 94 valence electrons. The standard InChI is InChI=1S/C14H28N2/c1-2-16-11-8-14(9-12-16)15-10-7-13-5-3-4-6-13/h13-15H,2-12H2,1H3. The van der Waals surface area contributed by atoms with Gasteiger partial charge in [-0.1, -0.05) is 32.6 Å². The Bertz CT molecular complexity index is 179. The molecule has 2 nitrogen and oxygen atoms in total. The first kappa shape index (κ1) is 12.4. The minimum Gasteiger partial charge on any atom is -0.314 e. The van der Waals surface area contributed by atoms with Gasteiger partial charge in [-0.3, -0.25) is 0 Å². The van der Waals surface area contributed by atoms with Crippen molar-refractivity contribution in [1.29, 1.82) is 0 Å². The number of rotatable bonds is 5. The number of nitrogens with zero attached hydrogens (tertiary/aromatic N) is 1. The minimum absolute atomic E-state index is 0.809. The van der Waals surface area contributed by atoms with Gasteiger partial charge in [-0.25, -0.2) is 0 Å². The molecule has 2 heteroatoms. The van der Waals surface area contributed by atoms with Gasteiger partial charge in [0.15, 0.2) is 0 Å². The fourth-order valence-corrected chi connectivity index (χ4v) is 3.24. The van der Waals surface area contributed by atoms with E-state index < -0.39 is 0 Å². The molecule has 1 saturated carbocycles.